The summed E-state index contributed by atoms with van der Waals surface area (Å²) in [5.41, 5.74) is 2.35. The van der Waals surface area contributed by atoms with E-state index in [1.165, 1.54) is 12.3 Å². The van der Waals surface area contributed by atoms with Gasteiger partial charge in [-0.1, -0.05) is 27.7 Å². The van der Waals surface area contributed by atoms with E-state index in [4.69, 9.17) is 4.74 Å². The van der Waals surface area contributed by atoms with E-state index >= 15 is 0 Å². The summed E-state index contributed by atoms with van der Waals surface area (Å²) >= 11 is 0. The molecule has 2 amide bonds. The minimum absolute atomic E-state index is 0.00537. The van der Waals surface area contributed by atoms with E-state index in [-0.39, 0.29) is 36.1 Å². The first-order valence-corrected chi connectivity index (χ1v) is 10.0. The molecule has 2 N–H and O–H groups in total. The summed E-state index contributed by atoms with van der Waals surface area (Å²) in [6.07, 6.45) is -1.10. The first kappa shape index (κ1) is 24.2. The third-order valence-corrected chi connectivity index (χ3v) is 4.35. The molecule has 31 heavy (non-hydrogen) atoms. The van der Waals surface area contributed by atoms with Crippen molar-refractivity contribution in [3.63, 3.8) is 0 Å². The first-order chi connectivity index (χ1) is 14.6. The van der Waals surface area contributed by atoms with Crippen LogP contribution < -0.4 is 15.4 Å². The second-order valence-electron chi connectivity index (χ2n) is 7.80. The molecular formula is C22H28F2N4O3. The summed E-state index contributed by atoms with van der Waals surface area (Å²) < 4.78 is 30.0. The fraction of sp³-hybridized carbons (Fsp3) is 0.455. The first-order valence-electron chi connectivity index (χ1n) is 10.0. The maximum absolute atomic E-state index is 12.6. The Morgan fingerprint density at radius 3 is 2.45 bits per heavy atom. The van der Waals surface area contributed by atoms with Crippen molar-refractivity contribution in [3.8, 4) is 5.88 Å². The van der Waals surface area contributed by atoms with Crippen molar-refractivity contribution >= 4 is 17.6 Å². The van der Waals surface area contributed by atoms with E-state index in [9.17, 15) is 18.4 Å². The fourth-order valence-corrected chi connectivity index (χ4v) is 2.71. The van der Waals surface area contributed by atoms with Gasteiger partial charge in [0.15, 0.2) is 6.61 Å². The van der Waals surface area contributed by atoms with Gasteiger partial charge in [0.1, 0.15) is 5.82 Å². The van der Waals surface area contributed by atoms with Crippen LogP contribution in [0.3, 0.4) is 0 Å². The number of alkyl halides is 2. The van der Waals surface area contributed by atoms with Gasteiger partial charge in [0.2, 0.25) is 11.8 Å². The van der Waals surface area contributed by atoms with Gasteiger partial charge in [-0.2, -0.15) is 0 Å². The Morgan fingerprint density at radius 2 is 1.84 bits per heavy atom. The van der Waals surface area contributed by atoms with Crippen LogP contribution in [0.5, 0.6) is 5.88 Å². The number of hydrogen-bond acceptors (Lipinski definition) is 5. The van der Waals surface area contributed by atoms with Crippen molar-refractivity contribution in [3.05, 3.63) is 46.8 Å². The largest absolute Gasteiger partial charge is 0.471 e. The Bertz CT molecular complexity index is 933. The number of halogens is 2. The zero-order chi connectivity index (χ0) is 23.1. The van der Waals surface area contributed by atoms with E-state index in [1.54, 1.807) is 32.9 Å². The molecule has 9 heteroatoms. The number of carbonyl (C=O) groups excluding carboxylic acids is 2. The number of pyridine rings is 2. The van der Waals surface area contributed by atoms with Crippen LogP contribution in [0.4, 0.5) is 14.6 Å². The van der Waals surface area contributed by atoms with Gasteiger partial charge in [-0.3, -0.25) is 9.59 Å². The molecule has 0 saturated carbocycles. The van der Waals surface area contributed by atoms with Crippen LogP contribution in [0, 0.1) is 12.8 Å². The molecule has 2 heterocycles. The molecule has 2 rings (SSSR count). The zero-order valence-electron chi connectivity index (χ0n) is 18.3. The topological polar surface area (TPSA) is 93.2 Å². The predicted molar refractivity (Wildman–Crippen MR) is 113 cm³/mol. The van der Waals surface area contributed by atoms with Crippen molar-refractivity contribution < 1.29 is 23.1 Å². The summed E-state index contributed by atoms with van der Waals surface area (Å²) in [6.45, 7) is 8.54. The Kier molecular flexibility index (Phi) is 8.41. The molecule has 0 saturated heterocycles. The lowest BCUT2D eigenvalue weighted by atomic mass is 10.0. The van der Waals surface area contributed by atoms with Gasteiger partial charge in [-0.05, 0) is 36.6 Å². The molecule has 2 aromatic heterocycles. The van der Waals surface area contributed by atoms with Crippen molar-refractivity contribution in [2.24, 2.45) is 5.92 Å². The van der Waals surface area contributed by atoms with Gasteiger partial charge < -0.3 is 15.4 Å². The Hall–Kier alpha value is -3.10. The summed E-state index contributed by atoms with van der Waals surface area (Å²) in [6, 6.07) is 4.92. The van der Waals surface area contributed by atoms with Crippen molar-refractivity contribution in [2.45, 2.75) is 53.5 Å². The third-order valence-electron chi connectivity index (χ3n) is 4.35. The fourth-order valence-electron chi connectivity index (χ4n) is 2.71. The van der Waals surface area contributed by atoms with E-state index in [2.05, 4.69) is 20.6 Å². The lowest BCUT2D eigenvalue weighted by Gasteiger charge is -2.15. The van der Waals surface area contributed by atoms with Crippen molar-refractivity contribution in [1.82, 2.24) is 15.3 Å². The Labute approximate surface area is 180 Å². The van der Waals surface area contributed by atoms with Gasteiger partial charge in [-0.15, -0.1) is 0 Å². The van der Waals surface area contributed by atoms with Crippen molar-refractivity contribution in [1.29, 1.82) is 0 Å². The van der Waals surface area contributed by atoms with Crippen LogP contribution in [0.15, 0.2) is 24.4 Å². The number of rotatable bonds is 9. The molecule has 0 unspecified atom stereocenters. The number of amides is 2. The Balaban J connectivity index is 2.10. The number of nitrogens with one attached hydrogen (secondary N) is 2. The molecule has 0 radical (unpaired) electrons. The maximum Gasteiger partial charge on any atom is 0.272 e. The van der Waals surface area contributed by atoms with E-state index < -0.39 is 13.0 Å². The van der Waals surface area contributed by atoms with Gasteiger partial charge in [-0.25, -0.2) is 18.7 Å². The zero-order valence-corrected chi connectivity index (χ0v) is 18.3. The second-order valence-corrected chi connectivity index (χ2v) is 7.80. The standard InChI is InChI=1S/C22H28F2N4O3/c1-12(2)17-7-15(10-26-22(17)31-11-18(23)24)9-25-21(30)16-6-14(5)27-19(8-16)28-20(29)13(3)4/h6-8,10,12-13,18H,9,11H2,1-5H3,(H,25,30)(H,27,28,29). The number of hydrogen-bond donors (Lipinski definition) is 2. The molecule has 0 aliphatic carbocycles. The third kappa shape index (κ3) is 7.27. The van der Waals surface area contributed by atoms with Crippen LogP contribution in [-0.4, -0.2) is 34.8 Å². The van der Waals surface area contributed by atoms with Crippen LogP contribution in [0.25, 0.3) is 0 Å². The molecule has 0 aliphatic heterocycles. The summed E-state index contributed by atoms with van der Waals surface area (Å²) in [4.78, 5) is 32.9. The lowest BCUT2D eigenvalue weighted by Crippen LogP contribution is -2.24. The number of aromatic nitrogens is 2. The van der Waals surface area contributed by atoms with Crippen LogP contribution >= 0.6 is 0 Å². The number of carbonyl (C=O) groups is 2. The highest BCUT2D eigenvalue weighted by Gasteiger charge is 2.15. The monoisotopic (exact) mass is 434 g/mol. The molecule has 0 bridgehead atoms. The quantitative estimate of drug-likeness (QED) is 0.620. The molecular weight excluding hydrogens is 406 g/mol. The normalized spacial score (nSPS) is 11.2. The molecule has 0 aromatic carbocycles. The molecule has 0 aliphatic rings. The number of ether oxygens (including phenoxy) is 1. The highest BCUT2D eigenvalue weighted by atomic mass is 19.3. The number of anilines is 1. The molecule has 0 spiro atoms. The maximum atomic E-state index is 12.6. The average molecular weight is 434 g/mol. The molecule has 7 nitrogen and oxygen atoms in total. The van der Waals surface area contributed by atoms with Gasteiger partial charge in [0, 0.05) is 35.5 Å². The van der Waals surface area contributed by atoms with Gasteiger partial charge in [0.25, 0.3) is 12.3 Å². The summed E-state index contributed by atoms with van der Waals surface area (Å²) in [5, 5.41) is 5.49. The lowest BCUT2D eigenvalue weighted by molar-refractivity contribution is -0.118. The second kappa shape index (κ2) is 10.8. The van der Waals surface area contributed by atoms with Gasteiger partial charge in [0.05, 0.1) is 0 Å². The smallest absolute Gasteiger partial charge is 0.272 e. The molecule has 0 fully saturated rings. The number of nitrogens with zero attached hydrogens (tertiary/aromatic N) is 2. The van der Waals surface area contributed by atoms with Crippen LogP contribution in [0.1, 0.15) is 60.8 Å². The molecule has 0 atom stereocenters. The summed E-state index contributed by atoms with van der Waals surface area (Å²) in [5.74, 6) is -0.255. The Morgan fingerprint density at radius 1 is 1.13 bits per heavy atom. The summed E-state index contributed by atoms with van der Waals surface area (Å²) in [7, 11) is 0. The number of aryl methyl sites for hydroxylation is 1. The average Bonchev–Trinajstić information content (AvgIpc) is 2.69. The highest BCUT2D eigenvalue weighted by Crippen LogP contribution is 2.25. The van der Waals surface area contributed by atoms with Crippen molar-refractivity contribution in [2.75, 3.05) is 11.9 Å². The predicted octanol–water partition coefficient (Wildman–Crippen LogP) is 4.08. The van der Waals surface area contributed by atoms with E-state index in [0.29, 0.717) is 28.2 Å². The van der Waals surface area contributed by atoms with Crippen LogP contribution in [0.2, 0.25) is 0 Å². The van der Waals surface area contributed by atoms with E-state index in [1.807, 2.05) is 13.8 Å². The van der Waals surface area contributed by atoms with E-state index in [0.717, 1.165) is 0 Å². The minimum atomic E-state index is -2.58. The highest BCUT2D eigenvalue weighted by molar-refractivity contribution is 5.97. The molecule has 2 aromatic rings. The SMILES string of the molecule is Cc1cc(C(=O)NCc2cnc(OCC(F)F)c(C(C)C)c2)cc(NC(=O)C(C)C)n1. The molecule has 168 valence electrons. The minimum Gasteiger partial charge on any atom is -0.471 e. The van der Waals surface area contributed by atoms with Crippen LogP contribution in [-0.2, 0) is 11.3 Å². The van der Waals surface area contributed by atoms with Gasteiger partial charge >= 0.3 is 0 Å².